The molecule has 6 nitrogen and oxygen atoms in total. The summed E-state index contributed by atoms with van der Waals surface area (Å²) in [6.07, 6.45) is -4.34. The van der Waals surface area contributed by atoms with E-state index in [1.807, 2.05) is 0 Å². The van der Waals surface area contributed by atoms with Crippen LogP contribution in [-0.2, 0) is 4.74 Å². The lowest BCUT2D eigenvalue weighted by atomic mass is 9.98. The molecule has 5 atom stereocenters. The normalized spacial score (nSPS) is 49.2. The molecule has 0 bridgehead atoms. The molecule has 1 heterocycles. The van der Waals surface area contributed by atoms with Crippen molar-refractivity contribution in [2.75, 3.05) is 6.54 Å². The number of hydrogen-bond donors (Lipinski definition) is 5. The van der Waals surface area contributed by atoms with E-state index in [9.17, 15) is 10.2 Å². The Labute approximate surface area is 69.7 Å². The van der Waals surface area contributed by atoms with Gasteiger partial charge in [0.15, 0.2) is 6.29 Å². The fraction of sp³-hybridized carbons (Fsp3) is 1.00. The Morgan fingerprint density at radius 2 is 1.75 bits per heavy atom. The van der Waals surface area contributed by atoms with E-state index in [1.165, 1.54) is 0 Å². The second-order valence-corrected chi connectivity index (χ2v) is 2.86. The van der Waals surface area contributed by atoms with E-state index >= 15 is 0 Å². The van der Waals surface area contributed by atoms with Gasteiger partial charge in [-0.3, -0.25) is 0 Å². The monoisotopic (exact) mass is 178 g/mol. The summed E-state index contributed by atoms with van der Waals surface area (Å²) in [6, 6.07) is -0.984. The van der Waals surface area contributed by atoms with Gasteiger partial charge in [0.1, 0.15) is 18.3 Å². The summed E-state index contributed by atoms with van der Waals surface area (Å²) in [4.78, 5) is 0. The standard InChI is InChI=1S/C6H14N2O4/c7-1-2-4(9)5(10)3(8)6(11)12-2/h2-6,9-11H,1,7-8H2/t2-,3-,4+,5+,6?/m1/s1. The maximum Gasteiger partial charge on any atom is 0.172 e. The highest BCUT2D eigenvalue weighted by atomic mass is 16.6. The second-order valence-electron chi connectivity index (χ2n) is 2.86. The fourth-order valence-corrected chi connectivity index (χ4v) is 1.16. The number of aliphatic hydroxyl groups excluding tert-OH is 3. The van der Waals surface area contributed by atoms with Crippen LogP contribution in [0.15, 0.2) is 0 Å². The highest BCUT2D eigenvalue weighted by molar-refractivity contribution is 4.91. The fourth-order valence-electron chi connectivity index (χ4n) is 1.16. The molecule has 1 fully saturated rings. The predicted octanol–water partition coefficient (Wildman–Crippen LogP) is -3.29. The van der Waals surface area contributed by atoms with Crippen LogP contribution < -0.4 is 11.5 Å². The highest BCUT2D eigenvalue weighted by Crippen LogP contribution is 2.17. The van der Waals surface area contributed by atoms with Crippen molar-refractivity contribution in [1.82, 2.24) is 0 Å². The van der Waals surface area contributed by atoms with Gasteiger partial charge < -0.3 is 31.5 Å². The molecule has 7 N–H and O–H groups in total. The zero-order valence-corrected chi connectivity index (χ0v) is 6.50. The third-order valence-electron chi connectivity index (χ3n) is 2.00. The zero-order chi connectivity index (χ0) is 9.30. The molecule has 6 heteroatoms. The average molecular weight is 178 g/mol. The van der Waals surface area contributed by atoms with Crippen LogP contribution in [0.25, 0.3) is 0 Å². The molecule has 0 spiro atoms. The molecule has 0 aromatic heterocycles. The molecule has 1 rings (SSSR count). The molecule has 0 saturated carbocycles. The number of nitrogens with two attached hydrogens (primary N) is 2. The van der Waals surface area contributed by atoms with Crippen molar-refractivity contribution >= 4 is 0 Å². The van der Waals surface area contributed by atoms with E-state index in [4.69, 9.17) is 21.3 Å². The first-order chi connectivity index (χ1) is 5.57. The minimum atomic E-state index is -1.27. The van der Waals surface area contributed by atoms with Crippen molar-refractivity contribution in [1.29, 1.82) is 0 Å². The Morgan fingerprint density at radius 3 is 2.25 bits per heavy atom. The van der Waals surface area contributed by atoms with Crippen molar-refractivity contribution in [3.63, 3.8) is 0 Å². The Balaban J connectivity index is 2.63. The Hall–Kier alpha value is -0.240. The molecule has 0 radical (unpaired) electrons. The Bertz CT molecular complexity index is 152. The van der Waals surface area contributed by atoms with Gasteiger partial charge in [-0.1, -0.05) is 0 Å². The van der Waals surface area contributed by atoms with Gasteiger partial charge in [-0.05, 0) is 0 Å². The van der Waals surface area contributed by atoms with Crippen LogP contribution in [0, 0.1) is 0 Å². The molecule has 1 unspecified atom stereocenters. The van der Waals surface area contributed by atoms with Gasteiger partial charge in [0, 0.05) is 6.54 Å². The molecule has 1 saturated heterocycles. The number of aliphatic hydroxyl groups is 3. The third kappa shape index (κ3) is 1.58. The molecular formula is C6H14N2O4. The Kier molecular flexibility index (Phi) is 2.99. The SMILES string of the molecule is NC[C@H]1OC(O)[C@H](N)[C@H](O)[C@H]1O. The summed E-state index contributed by atoms with van der Waals surface area (Å²) in [5.74, 6) is 0. The topological polar surface area (TPSA) is 122 Å². The number of rotatable bonds is 1. The lowest BCUT2D eigenvalue weighted by Gasteiger charge is -2.38. The maximum absolute atomic E-state index is 9.28. The predicted molar refractivity (Wildman–Crippen MR) is 39.9 cm³/mol. The summed E-state index contributed by atoms with van der Waals surface area (Å²) >= 11 is 0. The first kappa shape index (κ1) is 9.85. The van der Waals surface area contributed by atoms with Crippen LogP contribution in [0.1, 0.15) is 0 Å². The van der Waals surface area contributed by atoms with E-state index in [0.717, 1.165) is 0 Å². The second kappa shape index (κ2) is 3.65. The average Bonchev–Trinajstić information content (AvgIpc) is 2.08. The first-order valence-corrected chi connectivity index (χ1v) is 3.73. The van der Waals surface area contributed by atoms with Crippen molar-refractivity contribution in [3.8, 4) is 0 Å². The molecule has 0 aliphatic carbocycles. The van der Waals surface area contributed by atoms with Crippen LogP contribution in [0.5, 0.6) is 0 Å². The molecule has 0 aromatic carbocycles. The van der Waals surface area contributed by atoms with Gasteiger partial charge in [0.2, 0.25) is 0 Å². The van der Waals surface area contributed by atoms with Gasteiger partial charge >= 0.3 is 0 Å². The van der Waals surface area contributed by atoms with Crippen molar-refractivity contribution in [2.24, 2.45) is 11.5 Å². The van der Waals surface area contributed by atoms with Crippen molar-refractivity contribution in [3.05, 3.63) is 0 Å². The molecule has 72 valence electrons. The highest BCUT2D eigenvalue weighted by Gasteiger charge is 2.41. The molecule has 1 aliphatic rings. The largest absolute Gasteiger partial charge is 0.388 e. The van der Waals surface area contributed by atoms with E-state index in [-0.39, 0.29) is 6.54 Å². The number of ether oxygens (including phenoxy) is 1. The molecule has 1 aliphatic heterocycles. The maximum atomic E-state index is 9.28. The molecular weight excluding hydrogens is 164 g/mol. The zero-order valence-electron chi connectivity index (χ0n) is 6.50. The smallest absolute Gasteiger partial charge is 0.172 e. The van der Waals surface area contributed by atoms with E-state index < -0.39 is 30.6 Å². The summed E-state index contributed by atoms with van der Waals surface area (Å²) in [5, 5.41) is 27.6. The summed E-state index contributed by atoms with van der Waals surface area (Å²) in [7, 11) is 0. The quantitative estimate of drug-likeness (QED) is 0.287. The molecule has 12 heavy (non-hydrogen) atoms. The molecule has 0 amide bonds. The van der Waals surface area contributed by atoms with E-state index in [0.29, 0.717) is 0 Å². The minimum Gasteiger partial charge on any atom is -0.388 e. The van der Waals surface area contributed by atoms with Crippen LogP contribution in [-0.4, -0.2) is 52.5 Å². The summed E-state index contributed by atoms with van der Waals surface area (Å²) < 4.78 is 4.83. The van der Waals surface area contributed by atoms with Gasteiger partial charge in [0.05, 0.1) is 6.04 Å². The van der Waals surface area contributed by atoms with Crippen LogP contribution in [0.2, 0.25) is 0 Å². The van der Waals surface area contributed by atoms with Gasteiger partial charge in [0.25, 0.3) is 0 Å². The van der Waals surface area contributed by atoms with Gasteiger partial charge in [-0.25, -0.2) is 0 Å². The van der Waals surface area contributed by atoms with Gasteiger partial charge in [-0.15, -0.1) is 0 Å². The van der Waals surface area contributed by atoms with Crippen LogP contribution in [0.3, 0.4) is 0 Å². The summed E-state index contributed by atoms with van der Waals surface area (Å²) in [6.45, 7) is 0.0298. The van der Waals surface area contributed by atoms with Crippen LogP contribution in [0.4, 0.5) is 0 Å². The summed E-state index contributed by atoms with van der Waals surface area (Å²) in [5.41, 5.74) is 10.5. The Morgan fingerprint density at radius 1 is 1.17 bits per heavy atom. The van der Waals surface area contributed by atoms with E-state index in [1.54, 1.807) is 0 Å². The lowest BCUT2D eigenvalue weighted by Crippen LogP contribution is -2.62. The van der Waals surface area contributed by atoms with Crippen LogP contribution >= 0.6 is 0 Å². The first-order valence-electron chi connectivity index (χ1n) is 3.73. The van der Waals surface area contributed by atoms with Crippen molar-refractivity contribution < 1.29 is 20.1 Å². The minimum absolute atomic E-state index is 0.0298. The lowest BCUT2D eigenvalue weighted by molar-refractivity contribution is -0.238. The van der Waals surface area contributed by atoms with Crippen molar-refractivity contribution in [2.45, 2.75) is 30.6 Å². The molecule has 0 aromatic rings. The van der Waals surface area contributed by atoms with E-state index in [2.05, 4.69) is 0 Å². The third-order valence-corrected chi connectivity index (χ3v) is 2.00. The number of hydrogen-bond acceptors (Lipinski definition) is 6. The van der Waals surface area contributed by atoms with Gasteiger partial charge in [-0.2, -0.15) is 0 Å².